The van der Waals surface area contributed by atoms with E-state index in [1.807, 2.05) is 12.1 Å². The first-order chi connectivity index (χ1) is 9.70. The molecule has 0 aliphatic carbocycles. The third-order valence-corrected chi connectivity index (χ3v) is 3.92. The summed E-state index contributed by atoms with van der Waals surface area (Å²) in [6.07, 6.45) is 2.54. The van der Waals surface area contributed by atoms with Gasteiger partial charge in [0.1, 0.15) is 6.61 Å². The van der Waals surface area contributed by atoms with Crippen LogP contribution in [-0.2, 0) is 6.54 Å². The number of piperidine rings is 1. The summed E-state index contributed by atoms with van der Waals surface area (Å²) >= 11 is 0. The van der Waals surface area contributed by atoms with Gasteiger partial charge in [0.15, 0.2) is 0 Å². The lowest BCUT2D eigenvalue weighted by Gasteiger charge is -2.36. The lowest BCUT2D eigenvalue weighted by atomic mass is 10.0. The Morgan fingerprint density at radius 1 is 1.35 bits per heavy atom. The van der Waals surface area contributed by atoms with Crippen molar-refractivity contribution in [3.8, 4) is 11.8 Å². The molecule has 3 nitrogen and oxygen atoms in total. The molecule has 1 heterocycles. The molecular formula is C17H24N2O. The van der Waals surface area contributed by atoms with Crippen molar-refractivity contribution >= 4 is 0 Å². The minimum absolute atomic E-state index is 0.0826. The monoisotopic (exact) mass is 272 g/mol. The molecule has 2 rings (SSSR count). The van der Waals surface area contributed by atoms with Gasteiger partial charge in [0.05, 0.1) is 0 Å². The minimum atomic E-state index is -0.0826. The van der Waals surface area contributed by atoms with Crippen molar-refractivity contribution in [1.29, 1.82) is 0 Å². The van der Waals surface area contributed by atoms with Crippen LogP contribution in [0.25, 0.3) is 0 Å². The Morgan fingerprint density at radius 2 is 2.15 bits per heavy atom. The second-order valence-electron chi connectivity index (χ2n) is 5.61. The molecule has 0 saturated carbocycles. The molecule has 1 aromatic carbocycles. The molecule has 0 bridgehead atoms. The number of aliphatic hydroxyl groups is 1. The Hall–Kier alpha value is -1.34. The lowest BCUT2D eigenvalue weighted by molar-refractivity contribution is 0.128. The summed E-state index contributed by atoms with van der Waals surface area (Å²) in [4.78, 5) is 4.83. The maximum atomic E-state index is 8.85. The fraction of sp³-hybridized carbons (Fsp3) is 0.529. The average molecular weight is 272 g/mol. The van der Waals surface area contributed by atoms with Gasteiger partial charge in [0.2, 0.25) is 0 Å². The Labute approximate surface area is 122 Å². The highest BCUT2D eigenvalue weighted by Crippen LogP contribution is 2.18. The molecule has 108 valence electrons. The van der Waals surface area contributed by atoms with Gasteiger partial charge in [-0.1, -0.05) is 30.0 Å². The number of likely N-dealkylation sites (N-methyl/N-ethyl adjacent to an activating group) is 1. The van der Waals surface area contributed by atoms with E-state index in [1.165, 1.54) is 18.4 Å². The fourth-order valence-electron chi connectivity index (χ4n) is 2.75. The topological polar surface area (TPSA) is 26.7 Å². The SMILES string of the molecule is CN(C)C1CCCN(Cc2ccccc2C#CCO)C1. The molecule has 1 saturated heterocycles. The second-order valence-corrected chi connectivity index (χ2v) is 5.61. The fourth-order valence-corrected chi connectivity index (χ4v) is 2.75. The maximum Gasteiger partial charge on any atom is 0.104 e. The van der Waals surface area contributed by atoms with Crippen LogP contribution in [0.3, 0.4) is 0 Å². The van der Waals surface area contributed by atoms with Crippen LogP contribution in [0.2, 0.25) is 0 Å². The molecule has 3 heteroatoms. The van der Waals surface area contributed by atoms with Crippen LogP contribution in [0.4, 0.5) is 0 Å². The molecule has 0 aromatic heterocycles. The van der Waals surface area contributed by atoms with Gasteiger partial charge in [0.25, 0.3) is 0 Å². The average Bonchev–Trinajstić information content (AvgIpc) is 2.46. The number of aliphatic hydroxyl groups excluding tert-OH is 1. The van der Waals surface area contributed by atoms with Gasteiger partial charge in [-0.3, -0.25) is 4.90 Å². The van der Waals surface area contributed by atoms with Crippen LogP contribution in [0.5, 0.6) is 0 Å². The summed E-state index contributed by atoms with van der Waals surface area (Å²) in [5, 5.41) is 8.85. The highest BCUT2D eigenvalue weighted by molar-refractivity contribution is 5.41. The summed E-state index contributed by atoms with van der Waals surface area (Å²) in [7, 11) is 4.32. The molecule has 1 aliphatic rings. The van der Waals surface area contributed by atoms with Crippen LogP contribution >= 0.6 is 0 Å². The number of likely N-dealkylation sites (tertiary alicyclic amines) is 1. The molecule has 1 N–H and O–H groups in total. The second kappa shape index (κ2) is 7.44. The standard InChI is InChI=1S/C17H24N2O/c1-18(2)17-10-5-11-19(14-17)13-16-8-4-3-7-15(16)9-6-12-20/h3-4,7-8,17,20H,5,10-14H2,1-2H3. The largest absolute Gasteiger partial charge is 0.384 e. The van der Waals surface area contributed by atoms with Gasteiger partial charge in [-0.15, -0.1) is 0 Å². The molecule has 1 aromatic rings. The van der Waals surface area contributed by atoms with E-state index in [4.69, 9.17) is 5.11 Å². The van der Waals surface area contributed by atoms with Crippen molar-refractivity contribution < 1.29 is 5.11 Å². The van der Waals surface area contributed by atoms with Crippen LogP contribution in [0.15, 0.2) is 24.3 Å². The molecule has 20 heavy (non-hydrogen) atoms. The Morgan fingerprint density at radius 3 is 2.90 bits per heavy atom. The zero-order chi connectivity index (χ0) is 14.4. The van der Waals surface area contributed by atoms with E-state index in [-0.39, 0.29) is 6.61 Å². The van der Waals surface area contributed by atoms with Gasteiger partial charge in [0, 0.05) is 24.7 Å². The van der Waals surface area contributed by atoms with Crippen LogP contribution in [-0.4, -0.2) is 54.7 Å². The highest BCUT2D eigenvalue weighted by atomic mass is 16.2. The van der Waals surface area contributed by atoms with Gasteiger partial charge in [-0.05, 0) is 45.1 Å². The van der Waals surface area contributed by atoms with E-state index in [9.17, 15) is 0 Å². The van der Waals surface area contributed by atoms with Gasteiger partial charge in [-0.2, -0.15) is 0 Å². The minimum Gasteiger partial charge on any atom is -0.384 e. The van der Waals surface area contributed by atoms with Crippen molar-refractivity contribution in [3.05, 3.63) is 35.4 Å². The smallest absolute Gasteiger partial charge is 0.104 e. The van der Waals surface area contributed by atoms with Crippen LogP contribution in [0.1, 0.15) is 24.0 Å². The highest BCUT2D eigenvalue weighted by Gasteiger charge is 2.21. The zero-order valence-corrected chi connectivity index (χ0v) is 12.5. The van der Waals surface area contributed by atoms with Gasteiger partial charge >= 0.3 is 0 Å². The van der Waals surface area contributed by atoms with Crippen LogP contribution < -0.4 is 0 Å². The van der Waals surface area contributed by atoms with Crippen molar-refractivity contribution in [2.75, 3.05) is 33.8 Å². The predicted octanol–water partition coefficient (Wildman–Crippen LogP) is 1.56. The molecule has 1 aliphatic heterocycles. The third kappa shape index (κ3) is 4.08. The normalized spacial score (nSPS) is 19.7. The summed E-state index contributed by atoms with van der Waals surface area (Å²) in [6, 6.07) is 8.89. The molecular weight excluding hydrogens is 248 g/mol. The number of hydrogen-bond donors (Lipinski definition) is 1. The predicted molar refractivity (Wildman–Crippen MR) is 82.4 cm³/mol. The Balaban J connectivity index is 2.06. The van der Waals surface area contributed by atoms with E-state index in [2.05, 4.69) is 47.9 Å². The maximum absolute atomic E-state index is 8.85. The van der Waals surface area contributed by atoms with E-state index >= 15 is 0 Å². The zero-order valence-electron chi connectivity index (χ0n) is 12.5. The summed E-state index contributed by atoms with van der Waals surface area (Å²) in [5.41, 5.74) is 2.29. The quantitative estimate of drug-likeness (QED) is 0.846. The molecule has 1 atom stereocenters. The van der Waals surface area contributed by atoms with Gasteiger partial charge in [-0.25, -0.2) is 0 Å². The molecule has 0 amide bonds. The molecule has 0 spiro atoms. The first-order valence-corrected chi connectivity index (χ1v) is 7.27. The van der Waals surface area contributed by atoms with Crippen molar-refractivity contribution in [1.82, 2.24) is 9.80 Å². The number of rotatable bonds is 3. The van der Waals surface area contributed by atoms with E-state index in [0.717, 1.165) is 25.2 Å². The van der Waals surface area contributed by atoms with Gasteiger partial charge < -0.3 is 10.0 Å². The van der Waals surface area contributed by atoms with E-state index < -0.39 is 0 Å². The van der Waals surface area contributed by atoms with E-state index in [0.29, 0.717) is 6.04 Å². The first-order valence-electron chi connectivity index (χ1n) is 7.27. The van der Waals surface area contributed by atoms with E-state index in [1.54, 1.807) is 0 Å². The number of benzene rings is 1. The summed E-state index contributed by atoms with van der Waals surface area (Å²) < 4.78 is 0. The van der Waals surface area contributed by atoms with Crippen molar-refractivity contribution in [3.63, 3.8) is 0 Å². The van der Waals surface area contributed by atoms with Crippen LogP contribution in [0, 0.1) is 11.8 Å². The molecule has 1 unspecified atom stereocenters. The number of nitrogens with zero attached hydrogens (tertiary/aromatic N) is 2. The number of hydrogen-bond acceptors (Lipinski definition) is 3. The van der Waals surface area contributed by atoms with Crippen molar-refractivity contribution in [2.24, 2.45) is 0 Å². The summed E-state index contributed by atoms with van der Waals surface area (Å²) in [5.74, 6) is 5.80. The Bertz CT molecular complexity index is 487. The third-order valence-electron chi connectivity index (χ3n) is 3.92. The Kier molecular flexibility index (Phi) is 5.60. The first kappa shape index (κ1) is 15.1. The van der Waals surface area contributed by atoms with Crippen molar-refractivity contribution in [2.45, 2.75) is 25.4 Å². The summed E-state index contributed by atoms with van der Waals surface area (Å²) in [6.45, 7) is 3.14. The molecule has 1 fully saturated rings. The molecule has 0 radical (unpaired) electrons. The lowest BCUT2D eigenvalue weighted by Crippen LogP contribution is -2.44.